The molecule has 14 N–H and O–H groups in total. The van der Waals surface area contributed by atoms with Crippen molar-refractivity contribution in [3.8, 4) is 0 Å². The van der Waals surface area contributed by atoms with E-state index in [-0.39, 0.29) is 270 Å². The second kappa shape index (κ2) is 62.4. The average molecular weight is 1460 g/mol. The number of hydrogen-bond donors (Lipinski definition) is 12. The van der Waals surface area contributed by atoms with E-state index in [4.69, 9.17) is 49.4 Å². The third-order valence-corrected chi connectivity index (χ3v) is 15.3. The van der Waals surface area contributed by atoms with Crippen LogP contribution in [0.3, 0.4) is 0 Å². The van der Waals surface area contributed by atoms with E-state index in [1.807, 2.05) is 0 Å². The van der Waals surface area contributed by atoms with Gasteiger partial charge in [0.05, 0.1) is 105 Å². The fraction of sp³-hybridized carbons (Fsp3) is 0.800. The summed E-state index contributed by atoms with van der Waals surface area (Å²) in [4.78, 5) is 164. The first-order chi connectivity index (χ1) is 49.0. The Kier molecular flexibility index (Phi) is 56.8. The Labute approximate surface area is 597 Å². The predicted molar refractivity (Wildman–Crippen MR) is 367 cm³/mol. The number of nitrogens with one attached hydrogen (secondary N) is 7. The number of unbranched alkanes of at least 4 members (excludes halogenated alkanes) is 4. The van der Waals surface area contributed by atoms with Gasteiger partial charge in [0.25, 0.3) is 0 Å². The molecule has 1 saturated heterocycles. The zero-order chi connectivity index (χ0) is 75.2. The van der Waals surface area contributed by atoms with Crippen LogP contribution in [0.2, 0.25) is 0 Å². The van der Waals surface area contributed by atoms with Crippen LogP contribution in [0.25, 0.3) is 0 Å². The van der Waals surface area contributed by atoms with Crippen LogP contribution in [0, 0.1) is 11.8 Å². The van der Waals surface area contributed by atoms with Crippen LogP contribution in [0.4, 0.5) is 0 Å². The van der Waals surface area contributed by atoms with Gasteiger partial charge in [-0.05, 0) is 44.9 Å². The number of primary amides is 2. The predicted octanol–water partition coefficient (Wildman–Crippen LogP) is -4.34. The highest BCUT2D eigenvalue weighted by Gasteiger charge is 2.24. The SMILES string of the molecule is C[C@@H](CCCCNC(=O)[C@H](CCCCNC(=O)CCCC(=O)NCCOCCOCC(=O)NCCOCCOCC(=O)NCCCCCC(N)=O)CC(=O)COCCOCCNC(=O)COCCOCCNC(=O)CN1CCN(CC(=O)O)CCN(CC(=O)O)CCN(CC(=O)O)CC1)C(N)=O. The monoisotopic (exact) mass is 1460 g/mol. The Morgan fingerprint density at radius 2 is 0.676 bits per heavy atom. The molecule has 0 aromatic rings. The molecule has 1 rings (SSSR count). The van der Waals surface area contributed by atoms with Gasteiger partial charge in [0.2, 0.25) is 53.2 Å². The fourth-order valence-electron chi connectivity index (χ4n) is 9.70. The van der Waals surface area contributed by atoms with Crippen LogP contribution in [-0.4, -0.2) is 342 Å². The maximum absolute atomic E-state index is 13.3. The number of nitrogens with two attached hydrogens (primary N) is 2. The molecule has 0 aromatic carbocycles. The number of ether oxygens (including phenoxy) is 8. The van der Waals surface area contributed by atoms with Crippen LogP contribution >= 0.6 is 0 Å². The highest BCUT2D eigenvalue weighted by Crippen LogP contribution is 2.15. The molecule has 1 aliphatic rings. The minimum Gasteiger partial charge on any atom is -0.480 e. The molecule has 0 aromatic heterocycles. The molecule has 1 fully saturated rings. The number of amides is 9. The third-order valence-electron chi connectivity index (χ3n) is 15.3. The zero-order valence-corrected chi connectivity index (χ0v) is 59.7. The summed E-state index contributed by atoms with van der Waals surface area (Å²) in [7, 11) is 0. The van der Waals surface area contributed by atoms with E-state index in [0.29, 0.717) is 90.5 Å². The van der Waals surface area contributed by atoms with E-state index in [2.05, 4.69) is 37.2 Å². The number of aliphatic carboxylic acids is 3. The number of Topliss-reactive ketones (excluding diaryl/α,β-unsaturated/α-hetero) is 1. The highest BCUT2D eigenvalue weighted by atomic mass is 16.5. The van der Waals surface area contributed by atoms with Crippen LogP contribution < -0.4 is 48.7 Å². The molecule has 0 spiro atoms. The molecular formula is C65H117N13O24. The van der Waals surface area contributed by atoms with Crippen LogP contribution in [-0.2, 0) is 100 Å². The normalized spacial score (nSPS) is 14.0. The van der Waals surface area contributed by atoms with Gasteiger partial charge in [0.1, 0.15) is 26.4 Å². The number of carbonyl (C=O) groups excluding carboxylic acids is 10. The van der Waals surface area contributed by atoms with E-state index in [0.717, 1.165) is 12.8 Å². The summed E-state index contributed by atoms with van der Waals surface area (Å²) in [6.45, 7) is 6.29. The van der Waals surface area contributed by atoms with Crippen molar-refractivity contribution >= 4 is 76.9 Å². The van der Waals surface area contributed by atoms with Crippen LogP contribution in [0.1, 0.15) is 96.8 Å². The van der Waals surface area contributed by atoms with E-state index in [1.54, 1.807) is 26.5 Å². The molecule has 0 aliphatic carbocycles. The van der Waals surface area contributed by atoms with Crippen molar-refractivity contribution in [2.75, 3.05) is 230 Å². The highest BCUT2D eigenvalue weighted by molar-refractivity contribution is 5.87. The lowest BCUT2D eigenvalue weighted by Gasteiger charge is -2.32. The topological polar surface area (TPSA) is 506 Å². The number of hydrogen-bond acceptors (Lipinski definition) is 25. The number of carboxylic acid groups (broad SMARTS) is 3. The van der Waals surface area contributed by atoms with Gasteiger partial charge in [-0.1, -0.05) is 26.2 Å². The van der Waals surface area contributed by atoms with Crippen molar-refractivity contribution in [1.29, 1.82) is 0 Å². The molecule has 9 amide bonds. The van der Waals surface area contributed by atoms with E-state index in [9.17, 15) is 77.6 Å². The summed E-state index contributed by atoms with van der Waals surface area (Å²) < 4.78 is 43.3. The minimum absolute atomic E-state index is 0.0429. The average Bonchev–Trinajstić information content (AvgIpc) is 0.928. The molecule has 0 unspecified atom stereocenters. The fourth-order valence-corrected chi connectivity index (χ4v) is 9.70. The maximum Gasteiger partial charge on any atom is 0.317 e. The first-order valence-corrected chi connectivity index (χ1v) is 35.2. The van der Waals surface area contributed by atoms with Crippen LogP contribution in [0.5, 0.6) is 0 Å². The van der Waals surface area contributed by atoms with Gasteiger partial charge in [-0.2, -0.15) is 0 Å². The van der Waals surface area contributed by atoms with Crippen LogP contribution in [0.15, 0.2) is 0 Å². The van der Waals surface area contributed by atoms with Crippen molar-refractivity contribution in [2.24, 2.45) is 23.3 Å². The Bertz CT molecular complexity index is 2390. The summed E-state index contributed by atoms with van der Waals surface area (Å²) in [6, 6.07) is 0. The smallest absolute Gasteiger partial charge is 0.317 e. The van der Waals surface area contributed by atoms with Crippen molar-refractivity contribution < 1.29 is 116 Å². The summed E-state index contributed by atoms with van der Waals surface area (Å²) in [5.74, 6) is -7.18. The Morgan fingerprint density at radius 1 is 0.343 bits per heavy atom. The van der Waals surface area contributed by atoms with E-state index < -0.39 is 35.6 Å². The molecule has 2 atom stereocenters. The molecule has 1 heterocycles. The molecule has 0 radical (unpaired) electrons. The van der Waals surface area contributed by atoms with Gasteiger partial charge in [-0.3, -0.25) is 81.9 Å². The van der Waals surface area contributed by atoms with Crippen molar-refractivity contribution in [3.05, 3.63) is 0 Å². The standard InChI is InChI=1S/C65H117N13O24/c1-51(64(67)93)10-4-7-17-74-65(94)52(11-5-8-16-68-55(81)13-9-14-56(82)70-18-30-95-35-40-101-49-60(86)73-21-33-98-37-39-100-48-58(84)69-15-6-2-3-12-54(66)80)42-53(79)47-99-38-34-97-32-20-72-59(85)50-102-41-36-96-31-19-71-57(83)43-75-22-24-76(44-61(87)88)26-28-78(46-63(91)92)29-27-77(25-23-75)45-62(89)90/h51-52H,2-50H2,1H3,(H2,66,80)(H2,67,93)(H,68,81)(H,69,84)(H,70,82)(H,71,83)(H,72,85)(H,73,86)(H,74,94)(H,87,88)(H,89,90)(H,91,92)/t51-,52+/m0/s1. The van der Waals surface area contributed by atoms with Crippen molar-refractivity contribution in [3.63, 3.8) is 0 Å². The first kappa shape index (κ1) is 92.8. The lowest BCUT2D eigenvalue weighted by atomic mass is 9.95. The lowest BCUT2D eigenvalue weighted by Crippen LogP contribution is -2.50. The number of nitrogens with zero attached hydrogens (tertiary/aromatic N) is 4. The Balaban J connectivity index is 2.25. The van der Waals surface area contributed by atoms with E-state index >= 15 is 0 Å². The van der Waals surface area contributed by atoms with E-state index in [1.165, 1.54) is 0 Å². The number of carboxylic acids is 3. The largest absolute Gasteiger partial charge is 0.480 e. The van der Waals surface area contributed by atoms with Crippen molar-refractivity contribution in [1.82, 2.24) is 56.8 Å². The minimum atomic E-state index is -1.05. The number of rotatable bonds is 64. The molecule has 102 heavy (non-hydrogen) atoms. The lowest BCUT2D eigenvalue weighted by molar-refractivity contribution is -0.140. The summed E-state index contributed by atoms with van der Waals surface area (Å²) >= 11 is 0. The zero-order valence-electron chi connectivity index (χ0n) is 59.7. The summed E-state index contributed by atoms with van der Waals surface area (Å²) in [5.41, 5.74) is 10.5. The molecule has 0 saturated carbocycles. The molecule has 586 valence electrons. The van der Waals surface area contributed by atoms with Gasteiger partial charge in [0.15, 0.2) is 5.78 Å². The third kappa shape index (κ3) is 58.3. The second-order valence-electron chi connectivity index (χ2n) is 24.2. The van der Waals surface area contributed by atoms with Crippen molar-refractivity contribution in [2.45, 2.75) is 96.8 Å². The molecule has 37 heteroatoms. The number of carbonyl (C=O) groups is 13. The molecule has 0 bridgehead atoms. The summed E-state index contributed by atoms with van der Waals surface area (Å²) in [6.07, 6.45) is 6.35. The second-order valence-corrected chi connectivity index (χ2v) is 24.2. The molecule has 37 nitrogen and oxygen atoms in total. The van der Waals surface area contributed by atoms with Gasteiger partial charge < -0.3 is 102 Å². The Hall–Kier alpha value is -7.17. The quantitative estimate of drug-likeness (QED) is 0.0256. The van der Waals surface area contributed by atoms with Gasteiger partial charge in [-0.15, -0.1) is 0 Å². The maximum atomic E-state index is 13.3. The summed E-state index contributed by atoms with van der Waals surface area (Å²) in [5, 5.41) is 47.5. The molecular weight excluding hydrogens is 1350 g/mol. The van der Waals surface area contributed by atoms with Gasteiger partial charge >= 0.3 is 17.9 Å². The number of ketones is 1. The van der Waals surface area contributed by atoms with Gasteiger partial charge in [-0.25, -0.2) is 0 Å². The van der Waals surface area contributed by atoms with Gasteiger partial charge in [0, 0.05) is 136 Å². The molecule has 1 aliphatic heterocycles. The Morgan fingerprint density at radius 3 is 1.08 bits per heavy atom. The first-order valence-electron chi connectivity index (χ1n) is 35.2.